The fraction of sp³-hybridized carbons (Fsp3) is 0.500. The van der Waals surface area contributed by atoms with Gasteiger partial charge in [0.2, 0.25) is 11.9 Å². The highest BCUT2D eigenvalue weighted by molar-refractivity contribution is 5.82. The summed E-state index contributed by atoms with van der Waals surface area (Å²) in [5.74, 6) is 1.50. The van der Waals surface area contributed by atoms with Crippen molar-refractivity contribution < 1.29 is 4.79 Å². The molecule has 0 aliphatic carbocycles. The molecule has 0 bridgehead atoms. The summed E-state index contributed by atoms with van der Waals surface area (Å²) in [6.07, 6.45) is 3.56. The molecule has 0 unspecified atom stereocenters. The lowest BCUT2D eigenvalue weighted by molar-refractivity contribution is -0.130. The Morgan fingerprint density at radius 3 is 2.81 bits per heavy atom. The van der Waals surface area contributed by atoms with E-state index in [0.29, 0.717) is 11.5 Å². The number of nitriles is 1. The van der Waals surface area contributed by atoms with Gasteiger partial charge in [0.15, 0.2) is 0 Å². The van der Waals surface area contributed by atoms with E-state index in [1.54, 1.807) is 12.1 Å². The van der Waals surface area contributed by atoms with Gasteiger partial charge in [-0.05, 0) is 37.5 Å². The topological polar surface area (TPSA) is 93.9 Å². The molecule has 31 heavy (non-hydrogen) atoms. The zero-order chi connectivity index (χ0) is 22.4. The highest BCUT2D eigenvalue weighted by Crippen LogP contribution is 2.25. The fourth-order valence-corrected chi connectivity index (χ4v) is 3.51. The summed E-state index contributed by atoms with van der Waals surface area (Å²) < 4.78 is 0. The Labute approximate surface area is 184 Å². The minimum absolute atomic E-state index is 0.107. The fourth-order valence-electron chi connectivity index (χ4n) is 3.51. The van der Waals surface area contributed by atoms with Gasteiger partial charge in [0.25, 0.3) is 0 Å². The Balaban J connectivity index is 1.76. The van der Waals surface area contributed by atoms with Crippen LogP contribution in [0.2, 0.25) is 0 Å². The molecular formula is C24H32N6O. The van der Waals surface area contributed by atoms with Crippen molar-refractivity contribution in [1.82, 2.24) is 15.3 Å². The Kier molecular flexibility index (Phi) is 7.11. The van der Waals surface area contributed by atoms with Crippen molar-refractivity contribution in [3.63, 3.8) is 0 Å². The molecule has 1 aromatic heterocycles. The predicted molar refractivity (Wildman–Crippen MR) is 123 cm³/mol. The van der Waals surface area contributed by atoms with Crippen LogP contribution in [0.5, 0.6) is 0 Å². The van der Waals surface area contributed by atoms with Crippen LogP contribution in [-0.4, -0.2) is 35.0 Å². The smallest absolute Gasteiger partial charge is 0.229 e. The van der Waals surface area contributed by atoms with Crippen LogP contribution in [0.4, 0.5) is 17.5 Å². The van der Waals surface area contributed by atoms with E-state index in [4.69, 9.17) is 10.2 Å². The third-order valence-corrected chi connectivity index (χ3v) is 5.87. The molecule has 2 aromatic rings. The summed E-state index contributed by atoms with van der Waals surface area (Å²) in [5, 5.41) is 15.6. The van der Waals surface area contributed by atoms with Crippen molar-refractivity contribution in [2.75, 3.05) is 23.3 Å². The number of nitrogens with one attached hydrogen (secondary N) is 2. The van der Waals surface area contributed by atoms with Crippen molar-refractivity contribution >= 4 is 23.4 Å². The molecule has 1 saturated heterocycles. The number of carbonyl (C=O) groups excluding carboxylic acids is 1. The van der Waals surface area contributed by atoms with Crippen LogP contribution >= 0.6 is 0 Å². The molecule has 1 aromatic carbocycles. The summed E-state index contributed by atoms with van der Waals surface area (Å²) in [5.41, 5.74) is 1.99. The summed E-state index contributed by atoms with van der Waals surface area (Å²) >= 11 is 0. The van der Waals surface area contributed by atoms with E-state index in [2.05, 4.69) is 33.5 Å². The molecule has 1 aliphatic rings. The van der Waals surface area contributed by atoms with Crippen LogP contribution < -0.4 is 15.5 Å². The van der Waals surface area contributed by atoms with E-state index >= 15 is 0 Å². The van der Waals surface area contributed by atoms with Crippen molar-refractivity contribution in [3.8, 4) is 6.07 Å². The lowest BCUT2D eigenvalue weighted by Gasteiger charge is -2.25. The van der Waals surface area contributed by atoms with Crippen LogP contribution in [0, 0.1) is 16.7 Å². The van der Waals surface area contributed by atoms with Crippen LogP contribution in [0.25, 0.3) is 0 Å². The molecule has 1 atom stereocenters. The average molecular weight is 421 g/mol. The second kappa shape index (κ2) is 9.78. The summed E-state index contributed by atoms with van der Waals surface area (Å²) in [4.78, 5) is 24.2. The molecule has 2 N–H and O–H groups in total. The molecule has 0 saturated carbocycles. The molecule has 1 amide bonds. The highest BCUT2D eigenvalue weighted by atomic mass is 16.2. The summed E-state index contributed by atoms with van der Waals surface area (Å²) in [6, 6.07) is 11.6. The molecule has 1 aliphatic heterocycles. The first-order chi connectivity index (χ1) is 14.8. The van der Waals surface area contributed by atoms with Gasteiger partial charge in [-0.25, -0.2) is 4.98 Å². The summed E-state index contributed by atoms with van der Waals surface area (Å²) in [6.45, 7) is 9.70. The minimum atomic E-state index is -0.355. The van der Waals surface area contributed by atoms with E-state index in [1.807, 2.05) is 39.0 Å². The van der Waals surface area contributed by atoms with E-state index < -0.39 is 0 Å². The number of hydrogen-bond acceptors (Lipinski definition) is 6. The first kappa shape index (κ1) is 22.5. The number of carbonyl (C=O) groups is 1. The molecule has 7 heteroatoms. The normalized spacial score (nSPS) is 16.1. The average Bonchev–Trinajstić information content (AvgIpc) is 3.22. The molecule has 1 fully saturated rings. The van der Waals surface area contributed by atoms with Crippen molar-refractivity contribution in [1.29, 1.82) is 5.26 Å². The number of amides is 1. The largest absolute Gasteiger partial charge is 0.354 e. The van der Waals surface area contributed by atoms with Gasteiger partial charge in [0, 0.05) is 42.0 Å². The van der Waals surface area contributed by atoms with Gasteiger partial charge < -0.3 is 15.5 Å². The van der Waals surface area contributed by atoms with Gasteiger partial charge in [0.1, 0.15) is 5.82 Å². The zero-order valence-electron chi connectivity index (χ0n) is 18.9. The van der Waals surface area contributed by atoms with E-state index in [1.165, 1.54) is 0 Å². The molecule has 0 spiro atoms. The molecule has 164 valence electrons. The number of rotatable bonds is 8. The minimum Gasteiger partial charge on any atom is -0.354 e. The maximum Gasteiger partial charge on any atom is 0.229 e. The second-order valence-corrected chi connectivity index (χ2v) is 8.75. The number of benzene rings is 1. The zero-order valence-corrected chi connectivity index (χ0v) is 18.9. The number of aryl methyl sites for hydroxylation is 1. The molecule has 3 rings (SSSR count). The lowest BCUT2D eigenvalue weighted by atomic mass is 9.89. The van der Waals surface area contributed by atoms with Crippen LogP contribution in [0.1, 0.15) is 58.2 Å². The van der Waals surface area contributed by atoms with Gasteiger partial charge in [-0.15, -0.1) is 0 Å². The number of nitrogens with zero attached hydrogens (tertiary/aromatic N) is 4. The first-order valence-corrected chi connectivity index (χ1v) is 11.1. The standard InChI is InChI=1S/C24H32N6O/c1-5-8-18-14-21(29-23(27-18)28-19-10-7-9-17(13-19)15-25)30-12-11-20(16-30)26-22(31)24(3,4)6-2/h7,9-10,13-14,20H,5-6,8,11-12,16H2,1-4H3,(H,26,31)(H,27,28,29)/t20-/m0/s1. The van der Waals surface area contributed by atoms with Crippen molar-refractivity contribution in [2.24, 2.45) is 5.41 Å². The van der Waals surface area contributed by atoms with Gasteiger partial charge in [-0.3, -0.25) is 4.79 Å². The van der Waals surface area contributed by atoms with Gasteiger partial charge >= 0.3 is 0 Å². The monoisotopic (exact) mass is 420 g/mol. The molecule has 2 heterocycles. The molecule has 0 radical (unpaired) electrons. The van der Waals surface area contributed by atoms with E-state index in [9.17, 15) is 4.79 Å². The van der Waals surface area contributed by atoms with Crippen molar-refractivity contribution in [3.05, 3.63) is 41.6 Å². The predicted octanol–water partition coefficient (Wildman–Crippen LogP) is 4.18. The SMILES string of the molecule is CCCc1cc(N2CC[C@H](NC(=O)C(C)(C)CC)C2)nc(Nc2cccc(C#N)c2)n1. The van der Waals surface area contributed by atoms with Crippen molar-refractivity contribution in [2.45, 2.75) is 59.4 Å². The van der Waals surface area contributed by atoms with E-state index in [-0.39, 0.29) is 17.4 Å². The van der Waals surface area contributed by atoms with E-state index in [0.717, 1.165) is 56.0 Å². The van der Waals surface area contributed by atoms with Gasteiger partial charge in [0.05, 0.1) is 11.6 Å². The third kappa shape index (κ3) is 5.72. The number of hydrogen-bond donors (Lipinski definition) is 2. The highest BCUT2D eigenvalue weighted by Gasteiger charge is 2.31. The van der Waals surface area contributed by atoms with Crippen LogP contribution in [0.3, 0.4) is 0 Å². The van der Waals surface area contributed by atoms with Gasteiger partial charge in [-0.2, -0.15) is 10.2 Å². The summed E-state index contributed by atoms with van der Waals surface area (Å²) in [7, 11) is 0. The Bertz CT molecular complexity index is 965. The second-order valence-electron chi connectivity index (χ2n) is 8.75. The Hall–Kier alpha value is -3.14. The first-order valence-electron chi connectivity index (χ1n) is 11.1. The quantitative estimate of drug-likeness (QED) is 0.665. The maximum atomic E-state index is 12.6. The lowest BCUT2D eigenvalue weighted by Crippen LogP contribution is -2.44. The molecular weight excluding hydrogens is 388 g/mol. The molecule has 7 nitrogen and oxygen atoms in total. The number of anilines is 3. The maximum absolute atomic E-state index is 12.6. The van der Waals surface area contributed by atoms with Gasteiger partial charge in [-0.1, -0.05) is 40.2 Å². The third-order valence-electron chi connectivity index (χ3n) is 5.87. The van der Waals surface area contributed by atoms with Crippen LogP contribution in [-0.2, 0) is 11.2 Å². The Morgan fingerprint density at radius 1 is 1.29 bits per heavy atom. The number of aromatic nitrogens is 2. The Morgan fingerprint density at radius 2 is 2.10 bits per heavy atom. The van der Waals surface area contributed by atoms with Crippen LogP contribution in [0.15, 0.2) is 30.3 Å².